The van der Waals surface area contributed by atoms with Gasteiger partial charge < -0.3 is 20.7 Å². The monoisotopic (exact) mass is 517 g/mol. The molecule has 2 aromatic rings. The molecule has 0 aliphatic rings. The number of hydrogen-bond donors (Lipinski definition) is 3. The Morgan fingerprint density at radius 2 is 1.75 bits per heavy atom. The highest BCUT2D eigenvalue weighted by Gasteiger charge is 2.06. The van der Waals surface area contributed by atoms with Crippen LogP contribution in [0.1, 0.15) is 25.9 Å². The summed E-state index contributed by atoms with van der Waals surface area (Å²) in [6, 6.07) is 7.02. The Labute approximate surface area is 187 Å². The molecular weight excluding hydrogens is 489 g/mol. The molecule has 154 valence electrons. The number of aliphatic imine (C=N–C) groups is 1. The summed E-state index contributed by atoms with van der Waals surface area (Å²) in [5.41, 5.74) is 1.71. The molecular formula is C19H28IN5O2S. The number of amides is 1. The topological polar surface area (TPSA) is 87.6 Å². The third kappa shape index (κ3) is 7.63. The minimum absolute atomic E-state index is 0. The molecule has 0 radical (unpaired) electrons. The number of aryl methyl sites for hydroxylation is 2. The average molecular weight is 517 g/mol. The molecule has 2 rings (SSSR count). The van der Waals surface area contributed by atoms with Crippen LogP contribution in [0, 0.1) is 13.8 Å². The Morgan fingerprint density at radius 1 is 1.11 bits per heavy atom. The second-order valence-electron chi connectivity index (χ2n) is 5.91. The first-order valence-corrected chi connectivity index (χ1v) is 9.64. The van der Waals surface area contributed by atoms with E-state index in [1.807, 2.05) is 6.92 Å². The maximum Gasteiger partial charge on any atom is 0.251 e. The maximum absolute atomic E-state index is 12.1. The molecule has 0 aliphatic heterocycles. The molecule has 0 unspecified atom stereocenters. The second-order valence-corrected chi connectivity index (χ2v) is 7.20. The third-order valence-electron chi connectivity index (χ3n) is 3.98. The van der Waals surface area contributed by atoms with Gasteiger partial charge in [-0.25, -0.2) is 4.98 Å². The van der Waals surface area contributed by atoms with Crippen molar-refractivity contribution in [2.45, 2.75) is 20.3 Å². The van der Waals surface area contributed by atoms with E-state index < -0.39 is 0 Å². The lowest BCUT2D eigenvalue weighted by molar-refractivity contribution is 0.0954. The number of nitrogens with one attached hydrogen (secondary N) is 3. The Hall–Kier alpha value is -1.88. The van der Waals surface area contributed by atoms with Crippen molar-refractivity contribution in [3.63, 3.8) is 0 Å². The lowest BCUT2D eigenvalue weighted by atomic mass is 10.2. The minimum atomic E-state index is -0.114. The van der Waals surface area contributed by atoms with Crippen molar-refractivity contribution in [1.29, 1.82) is 0 Å². The highest BCUT2D eigenvalue weighted by Crippen LogP contribution is 2.16. The van der Waals surface area contributed by atoms with Gasteiger partial charge in [-0.15, -0.1) is 35.3 Å². The van der Waals surface area contributed by atoms with Crippen molar-refractivity contribution in [2.24, 2.45) is 4.99 Å². The number of thiazole rings is 1. The van der Waals surface area contributed by atoms with E-state index in [9.17, 15) is 4.79 Å². The van der Waals surface area contributed by atoms with E-state index in [0.717, 1.165) is 29.4 Å². The lowest BCUT2D eigenvalue weighted by Gasteiger charge is -2.12. The fraction of sp³-hybridized carbons (Fsp3) is 0.421. The quantitative estimate of drug-likeness (QED) is 0.217. The van der Waals surface area contributed by atoms with Gasteiger partial charge in [-0.3, -0.25) is 9.79 Å². The van der Waals surface area contributed by atoms with Crippen molar-refractivity contribution in [1.82, 2.24) is 20.9 Å². The van der Waals surface area contributed by atoms with Crippen LogP contribution in [0.15, 0.2) is 29.3 Å². The lowest BCUT2D eigenvalue weighted by Crippen LogP contribution is -2.42. The van der Waals surface area contributed by atoms with Crippen LogP contribution in [-0.2, 0) is 6.42 Å². The molecule has 0 atom stereocenters. The number of halogens is 1. The first-order valence-electron chi connectivity index (χ1n) is 8.83. The second kappa shape index (κ2) is 12.6. The average Bonchev–Trinajstić information content (AvgIpc) is 3.01. The van der Waals surface area contributed by atoms with Gasteiger partial charge in [0.05, 0.1) is 17.8 Å². The van der Waals surface area contributed by atoms with Gasteiger partial charge in [0, 0.05) is 43.5 Å². The molecule has 1 aromatic heterocycles. The minimum Gasteiger partial charge on any atom is -0.497 e. The van der Waals surface area contributed by atoms with Crippen LogP contribution >= 0.6 is 35.3 Å². The molecule has 0 spiro atoms. The summed E-state index contributed by atoms with van der Waals surface area (Å²) in [4.78, 5) is 22.1. The highest BCUT2D eigenvalue weighted by atomic mass is 127. The molecule has 0 saturated heterocycles. The van der Waals surface area contributed by atoms with Crippen molar-refractivity contribution < 1.29 is 9.53 Å². The van der Waals surface area contributed by atoms with Crippen LogP contribution < -0.4 is 20.7 Å². The molecule has 9 heteroatoms. The Morgan fingerprint density at radius 3 is 2.32 bits per heavy atom. The smallest absolute Gasteiger partial charge is 0.251 e. The molecule has 1 aromatic carbocycles. The van der Waals surface area contributed by atoms with E-state index in [4.69, 9.17) is 4.74 Å². The van der Waals surface area contributed by atoms with Crippen LogP contribution in [-0.4, -0.2) is 50.6 Å². The summed E-state index contributed by atoms with van der Waals surface area (Å²) in [7, 11) is 3.32. The predicted octanol–water partition coefficient (Wildman–Crippen LogP) is 2.52. The summed E-state index contributed by atoms with van der Waals surface area (Å²) < 4.78 is 5.09. The highest BCUT2D eigenvalue weighted by molar-refractivity contribution is 14.0. The summed E-state index contributed by atoms with van der Waals surface area (Å²) in [5.74, 6) is 1.32. The molecule has 0 bridgehead atoms. The van der Waals surface area contributed by atoms with Gasteiger partial charge in [0.25, 0.3) is 5.91 Å². The van der Waals surface area contributed by atoms with Gasteiger partial charge in [-0.1, -0.05) is 0 Å². The molecule has 7 nitrogen and oxygen atoms in total. The van der Waals surface area contributed by atoms with Crippen molar-refractivity contribution in [2.75, 3.05) is 33.8 Å². The molecule has 0 fully saturated rings. The van der Waals surface area contributed by atoms with Crippen LogP contribution in [0.2, 0.25) is 0 Å². The number of rotatable bonds is 8. The molecule has 3 N–H and O–H groups in total. The van der Waals surface area contributed by atoms with Gasteiger partial charge in [-0.2, -0.15) is 0 Å². The molecule has 28 heavy (non-hydrogen) atoms. The summed E-state index contributed by atoms with van der Waals surface area (Å²) in [5, 5.41) is 10.4. The van der Waals surface area contributed by atoms with E-state index in [1.165, 1.54) is 4.88 Å². The zero-order valence-corrected chi connectivity index (χ0v) is 19.8. The first-order chi connectivity index (χ1) is 13.0. The van der Waals surface area contributed by atoms with E-state index in [-0.39, 0.29) is 29.9 Å². The van der Waals surface area contributed by atoms with Crippen molar-refractivity contribution in [3.05, 3.63) is 45.4 Å². The number of ether oxygens (including phenoxy) is 1. The number of benzene rings is 1. The van der Waals surface area contributed by atoms with Gasteiger partial charge in [0.15, 0.2) is 5.96 Å². The maximum atomic E-state index is 12.1. The van der Waals surface area contributed by atoms with E-state index in [1.54, 1.807) is 49.8 Å². The van der Waals surface area contributed by atoms with Crippen LogP contribution in [0.4, 0.5) is 0 Å². The van der Waals surface area contributed by atoms with Crippen molar-refractivity contribution in [3.8, 4) is 5.75 Å². The van der Waals surface area contributed by atoms with E-state index in [0.29, 0.717) is 24.6 Å². The third-order valence-corrected chi connectivity index (χ3v) is 5.12. The zero-order chi connectivity index (χ0) is 19.6. The Balaban J connectivity index is 0.00000392. The van der Waals surface area contributed by atoms with Gasteiger partial charge in [0.1, 0.15) is 5.75 Å². The Kier molecular flexibility index (Phi) is 10.8. The number of carbonyl (C=O) groups excluding carboxylic acids is 1. The van der Waals surface area contributed by atoms with Crippen LogP contribution in [0.25, 0.3) is 0 Å². The number of methoxy groups -OCH3 is 1. The molecule has 0 aliphatic carbocycles. The Bertz CT molecular complexity index is 758. The number of aromatic nitrogens is 1. The van der Waals surface area contributed by atoms with Crippen LogP contribution in [0.5, 0.6) is 5.75 Å². The number of guanidine groups is 1. The SMILES string of the molecule is CN=C(NCCNC(=O)c1ccc(OC)cc1)NCCc1nc(C)c(C)s1.I. The normalized spacial score (nSPS) is 10.8. The number of hydrogen-bond acceptors (Lipinski definition) is 5. The van der Waals surface area contributed by atoms with Gasteiger partial charge >= 0.3 is 0 Å². The fourth-order valence-electron chi connectivity index (χ4n) is 2.36. The van der Waals surface area contributed by atoms with Crippen molar-refractivity contribution >= 4 is 47.2 Å². The van der Waals surface area contributed by atoms with Crippen LogP contribution in [0.3, 0.4) is 0 Å². The summed E-state index contributed by atoms with van der Waals surface area (Å²) >= 11 is 1.73. The summed E-state index contributed by atoms with van der Waals surface area (Å²) in [6.45, 7) is 5.95. The van der Waals surface area contributed by atoms with Gasteiger partial charge in [0.2, 0.25) is 0 Å². The summed E-state index contributed by atoms with van der Waals surface area (Å²) in [6.07, 6.45) is 0.855. The zero-order valence-electron chi connectivity index (χ0n) is 16.7. The van der Waals surface area contributed by atoms with Gasteiger partial charge in [-0.05, 0) is 38.1 Å². The number of nitrogens with zero attached hydrogens (tertiary/aromatic N) is 2. The van der Waals surface area contributed by atoms with E-state index >= 15 is 0 Å². The predicted molar refractivity (Wildman–Crippen MR) is 125 cm³/mol. The number of carbonyl (C=O) groups is 1. The first kappa shape index (κ1) is 24.2. The largest absolute Gasteiger partial charge is 0.497 e. The molecule has 1 heterocycles. The standard InChI is InChI=1S/C19H27N5O2S.HI/c1-13-14(2)27-17(24-13)9-10-22-19(20-3)23-12-11-21-18(25)15-5-7-16(26-4)8-6-15;/h5-8H,9-12H2,1-4H3,(H,21,25)(H2,20,22,23);1H. The molecule has 0 saturated carbocycles. The fourth-order valence-corrected chi connectivity index (χ4v) is 3.29. The molecule has 1 amide bonds. The van der Waals surface area contributed by atoms with E-state index in [2.05, 4.69) is 32.9 Å².